The third kappa shape index (κ3) is 4.72. The third-order valence-electron chi connectivity index (χ3n) is 5.04. The molecule has 2 atom stereocenters. The van der Waals surface area contributed by atoms with E-state index in [9.17, 15) is 4.79 Å². The lowest BCUT2D eigenvalue weighted by atomic mass is 9.99. The van der Waals surface area contributed by atoms with Gasteiger partial charge < -0.3 is 15.6 Å². The molecular weight excluding hydrogens is 322 g/mol. The Labute approximate surface area is 149 Å². The summed E-state index contributed by atoms with van der Waals surface area (Å²) in [5.74, 6) is 1.21. The first-order valence-electron chi connectivity index (χ1n) is 9.09. The van der Waals surface area contributed by atoms with E-state index in [0.29, 0.717) is 12.6 Å². The molecule has 1 aromatic heterocycles. The van der Waals surface area contributed by atoms with Gasteiger partial charge in [0.05, 0.1) is 6.04 Å². The van der Waals surface area contributed by atoms with Crippen molar-refractivity contribution in [2.24, 2.45) is 11.7 Å². The van der Waals surface area contributed by atoms with Crippen LogP contribution in [0.25, 0.3) is 0 Å². The van der Waals surface area contributed by atoms with Crippen LogP contribution in [0.5, 0.6) is 0 Å². The minimum atomic E-state index is -0.416. The van der Waals surface area contributed by atoms with E-state index in [1.807, 2.05) is 6.92 Å². The molecule has 2 unspecified atom stereocenters. The van der Waals surface area contributed by atoms with Crippen LogP contribution in [-0.4, -0.2) is 39.5 Å². The predicted molar refractivity (Wildman–Crippen MR) is 98.1 cm³/mol. The molecule has 0 aliphatic heterocycles. The second-order valence-corrected chi connectivity index (χ2v) is 7.49. The van der Waals surface area contributed by atoms with Crippen LogP contribution in [0.1, 0.15) is 64.2 Å². The fourth-order valence-electron chi connectivity index (χ4n) is 3.23. The van der Waals surface area contributed by atoms with Gasteiger partial charge in [0, 0.05) is 19.0 Å². The van der Waals surface area contributed by atoms with Crippen LogP contribution in [0.15, 0.2) is 5.16 Å². The van der Waals surface area contributed by atoms with E-state index in [1.54, 1.807) is 11.8 Å². The topological polar surface area (TPSA) is 85.8 Å². The number of nitrogens with two attached hydrogens (primary N) is 1. The normalized spacial score (nSPS) is 17.8. The van der Waals surface area contributed by atoms with Crippen molar-refractivity contribution in [1.82, 2.24) is 20.1 Å². The van der Waals surface area contributed by atoms with Gasteiger partial charge in [-0.25, -0.2) is 0 Å². The number of nitrogens with one attached hydrogen (secondary N) is 1. The van der Waals surface area contributed by atoms with Gasteiger partial charge >= 0.3 is 0 Å². The monoisotopic (exact) mass is 353 g/mol. The lowest BCUT2D eigenvalue weighted by Crippen LogP contribution is -2.44. The first kappa shape index (κ1) is 19.2. The van der Waals surface area contributed by atoms with Crippen molar-refractivity contribution in [2.45, 2.75) is 76.0 Å². The minimum Gasteiger partial charge on any atom is -0.355 e. The van der Waals surface area contributed by atoms with Crippen LogP contribution in [0.2, 0.25) is 0 Å². The Hall–Kier alpha value is -1.08. The van der Waals surface area contributed by atoms with Crippen molar-refractivity contribution < 1.29 is 4.79 Å². The summed E-state index contributed by atoms with van der Waals surface area (Å²) in [6, 6.07) is 0.131. The van der Waals surface area contributed by atoms with Gasteiger partial charge in [0.25, 0.3) is 0 Å². The smallest absolute Gasteiger partial charge is 0.237 e. The molecule has 0 saturated heterocycles. The second-order valence-electron chi connectivity index (χ2n) is 6.72. The number of hydrogen-bond donors (Lipinski definition) is 2. The highest BCUT2D eigenvalue weighted by Gasteiger charge is 2.23. The summed E-state index contributed by atoms with van der Waals surface area (Å²) in [4.78, 5) is 12.0. The summed E-state index contributed by atoms with van der Waals surface area (Å²) in [5, 5.41) is 12.7. The Morgan fingerprint density at radius 3 is 2.75 bits per heavy atom. The second kappa shape index (κ2) is 9.42. The van der Waals surface area contributed by atoms with E-state index in [2.05, 4.69) is 33.3 Å². The van der Waals surface area contributed by atoms with Crippen molar-refractivity contribution >= 4 is 17.7 Å². The van der Waals surface area contributed by atoms with E-state index < -0.39 is 6.04 Å². The largest absolute Gasteiger partial charge is 0.355 e. The molecule has 7 heteroatoms. The van der Waals surface area contributed by atoms with E-state index >= 15 is 0 Å². The molecule has 136 valence electrons. The van der Waals surface area contributed by atoms with Gasteiger partial charge in [0.15, 0.2) is 5.16 Å². The molecule has 1 aliphatic carbocycles. The van der Waals surface area contributed by atoms with Crippen LogP contribution in [0.3, 0.4) is 0 Å². The van der Waals surface area contributed by atoms with Crippen molar-refractivity contribution in [3.8, 4) is 0 Å². The van der Waals surface area contributed by atoms with Gasteiger partial charge in [-0.1, -0.05) is 44.9 Å². The lowest BCUT2D eigenvalue weighted by molar-refractivity contribution is -0.123. The van der Waals surface area contributed by atoms with Gasteiger partial charge in [0.2, 0.25) is 5.91 Å². The van der Waals surface area contributed by atoms with Gasteiger partial charge in [-0.2, -0.15) is 0 Å². The van der Waals surface area contributed by atoms with E-state index in [1.165, 1.54) is 25.7 Å². The van der Waals surface area contributed by atoms with Gasteiger partial charge in [0.1, 0.15) is 5.82 Å². The number of hydrogen-bond acceptors (Lipinski definition) is 5. The van der Waals surface area contributed by atoms with Crippen LogP contribution in [0, 0.1) is 5.92 Å². The number of thioether (sulfide) groups is 1. The molecule has 6 nitrogen and oxygen atoms in total. The summed E-state index contributed by atoms with van der Waals surface area (Å²) in [6.07, 6.45) is 9.69. The zero-order valence-corrected chi connectivity index (χ0v) is 15.9. The van der Waals surface area contributed by atoms with Crippen molar-refractivity contribution in [3.63, 3.8) is 0 Å². The quantitative estimate of drug-likeness (QED) is 0.526. The average Bonchev–Trinajstić information content (AvgIpc) is 3.25. The zero-order chi connectivity index (χ0) is 17.5. The summed E-state index contributed by atoms with van der Waals surface area (Å²) >= 11 is 1.66. The highest BCUT2D eigenvalue weighted by molar-refractivity contribution is 7.98. The van der Waals surface area contributed by atoms with Gasteiger partial charge in [-0.05, 0) is 31.4 Å². The maximum Gasteiger partial charge on any atom is 0.237 e. The van der Waals surface area contributed by atoms with Crippen LogP contribution < -0.4 is 11.1 Å². The highest BCUT2D eigenvalue weighted by Crippen LogP contribution is 2.33. The fourth-order valence-corrected chi connectivity index (χ4v) is 3.81. The molecule has 1 fully saturated rings. The summed E-state index contributed by atoms with van der Waals surface area (Å²) < 4.78 is 2.32. The van der Waals surface area contributed by atoms with Crippen LogP contribution in [-0.2, 0) is 11.2 Å². The predicted octanol–water partition coefficient (Wildman–Crippen LogP) is 2.54. The van der Waals surface area contributed by atoms with Crippen LogP contribution in [0.4, 0.5) is 0 Å². The molecule has 3 N–H and O–H groups in total. The summed E-state index contributed by atoms with van der Waals surface area (Å²) in [5.41, 5.74) is 5.95. The highest BCUT2D eigenvalue weighted by atomic mass is 32.2. The maximum atomic E-state index is 12.0. The van der Waals surface area contributed by atoms with Crippen molar-refractivity contribution in [3.05, 3.63) is 5.82 Å². The number of carbonyl (C=O) groups excluding carboxylic acids is 1. The standard InChI is InChI=1S/C17H31N5OS/c1-4-12(2)15(18)16(23)19-11-7-10-14-20-21-17(24-3)22(14)13-8-5-6-9-13/h12-13,15H,4-11,18H2,1-3H3,(H,19,23). The number of aromatic nitrogens is 3. The molecule has 2 rings (SSSR count). The molecule has 1 heterocycles. The molecule has 1 saturated carbocycles. The Bertz CT molecular complexity index is 527. The fraction of sp³-hybridized carbons (Fsp3) is 0.824. The minimum absolute atomic E-state index is 0.0496. The van der Waals surface area contributed by atoms with Crippen molar-refractivity contribution in [1.29, 1.82) is 0 Å². The molecule has 1 amide bonds. The first-order valence-corrected chi connectivity index (χ1v) is 10.3. The number of rotatable bonds is 9. The lowest BCUT2D eigenvalue weighted by Gasteiger charge is -2.18. The van der Waals surface area contributed by atoms with Crippen molar-refractivity contribution in [2.75, 3.05) is 12.8 Å². The third-order valence-corrected chi connectivity index (χ3v) is 5.69. The van der Waals surface area contributed by atoms with Crippen LogP contribution >= 0.6 is 11.8 Å². The molecule has 0 bridgehead atoms. The SMILES string of the molecule is CCC(C)C(N)C(=O)NCCCc1nnc(SC)n1C1CCCC1. The zero-order valence-electron chi connectivity index (χ0n) is 15.1. The number of aryl methyl sites for hydroxylation is 1. The summed E-state index contributed by atoms with van der Waals surface area (Å²) in [7, 11) is 0. The number of nitrogens with zero attached hydrogens (tertiary/aromatic N) is 3. The first-order chi connectivity index (χ1) is 11.6. The number of carbonyl (C=O) groups is 1. The van der Waals surface area contributed by atoms with Gasteiger partial charge in [-0.15, -0.1) is 10.2 Å². The Balaban J connectivity index is 1.84. The molecule has 24 heavy (non-hydrogen) atoms. The molecular formula is C17H31N5OS. The summed E-state index contributed by atoms with van der Waals surface area (Å²) in [6.45, 7) is 4.70. The molecule has 0 radical (unpaired) electrons. The Morgan fingerprint density at radius 2 is 2.12 bits per heavy atom. The van der Waals surface area contributed by atoms with Gasteiger partial charge in [-0.3, -0.25) is 4.79 Å². The van der Waals surface area contributed by atoms with E-state index in [4.69, 9.17) is 5.73 Å². The average molecular weight is 354 g/mol. The molecule has 1 aliphatic rings. The maximum absolute atomic E-state index is 12.0. The molecule has 0 aromatic carbocycles. The Morgan fingerprint density at radius 1 is 1.42 bits per heavy atom. The Kier molecular flexibility index (Phi) is 7.55. The van der Waals surface area contributed by atoms with E-state index in [0.717, 1.165) is 30.2 Å². The van der Waals surface area contributed by atoms with E-state index in [-0.39, 0.29) is 11.8 Å². The number of amides is 1. The molecule has 0 spiro atoms. The molecule has 1 aromatic rings.